The number of aryl methyl sites for hydroxylation is 1. The van der Waals surface area contributed by atoms with Crippen LogP contribution in [0, 0.1) is 6.92 Å². The molecule has 2 rings (SSSR count). The average molecular weight is 211 g/mol. The molecular formula is C10H17N3S. The summed E-state index contributed by atoms with van der Waals surface area (Å²) in [5, 5.41) is 0.698. The molecule has 0 bridgehead atoms. The van der Waals surface area contributed by atoms with Crippen LogP contribution < -0.4 is 5.73 Å². The van der Waals surface area contributed by atoms with Gasteiger partial charge < -0.3 is 5.73 Å². The predicted octanol–water partition coefficient (Wildman–Crippen LogP) is 2.19. The zero-order chi connectivity index (χ0) is 10.1. The molecule has 4 heteroatoms. The number of nitrogens with zero attached hydrogens (tertiary/aromatic N) is 2. The highest BCUT2D eigenvalue weighted by molar-refractivity contribution is 7.15. The van der Waals surface area contributed by atoms with Gasteiger partial charge in [-0.2, -0.15) is 0 Å². The Labute approximate surface area is 88.9 Å². The van der Waals surface area contributed by atoms with Crippen molar-refractivity contribution in [3.05, 3.63) is 10.6 Å². The van der Waals surface area contributed by atoms with E-state index in [1.54, 1.807) is 11.3 Å². The van der Waals surface area contributed by atoms with E-state index in [1.807, 2.05) is 0 Å². The number of rotatable bonds is 2. The van der Waals surface area contributed by atoms with Crippen molar-refractivity contribution in [2.45, 2.75) is 32.7 Å². The van der Waals surface area contributed by atoms with Crippen LogP contribution in [-0.4, -0.2) is 23.0 Å². The summed E-state index contributed by atoms with van der Waals surface area (Å²) in [5.41, 5.74) is 6.81. The Morgan fingerprint density at radius 1 is 1.43 bits per heavy atom. The molecule has 78 valence electrons. The van der Waals surface area contributed by atoms with Gasteiger partial charge in [0.05, 0.1) is 5.69 Å². The monoisotopic (exact) mass is 211 g/mol. The van der Waals surface area contributed by atoms with Crippen molar-refractivity contribution in [1.29, 1.82) is 0 Å². The Kier molecular flexibility index (Phi) is 2.74. The summed E-state index contributed by atoms with van der Waals surface area (Å²) < 4.78 is 0. The lowest BCUT2D eigenvalue weighted by atomic mass is 10.2. The SMILES string of the molecule is Cc1nc(N)sc1C(C)N1CCCC1. The van der Waals surface area contributed by atoms with Gasteiger partial charge in [-0.1, -0.05) is 0 Å². The fourth-order valence-electron chi connectivity index (χ4n) is 2.11. The Morgan fingerprint density at radius 2 is 2.07 bits per heavy atom. The minimum Gasteiger partial charge on any atom is -0.375 e. The molecule has 1 aromatic heterocycles. The molecule has 14 heavy (non-hydrogen) atoms. The van der Waals surface area contributed by atoms with Crippen molar-refractivity contribution in [3.63, 3.8) is 0 Å². The Bertz CT molecular complexity index is 315. The molecule has 1 fully saturated rings. The fourth-order valence-corrected chi connectivity index (χ4v) is 3.03. The van der Waals surface area contributed by atoms with Crippen LogP contribution in [0.3, 0.4) is 0 Å². The van der Waals surface area contributed by atoms with Gasteiger partial charge in [-0.05, 0) is 39.8 Å². The van der Waals surface area contributed by atoms with Crippen LogP contribution in [-0.2, 0) is 0 Å². The van der Waals surface area contributed by atoms with Gasteiger partial charge in [0.25, 0.3) is 0 Å². The van der Waals surface area contributed by atoms with E-state index >= 15 is 0 Å². The second kappa shape index (κ2) is 3.87. The van der Waals surface area contributed by atoms with Crippen LogP contribution in [0.2, 0.25) is 0 Å². The lowest BCUT2D eigenvalue weighted by Crippen LogP contribution is -2.22. The topological polar surface area (TPSA) is 42.1 Å². The highest BCUT2D eigenvalue weighted by Gasteiger charge is 2.22. The number of aromatic nitrogens is 1. The molecule has 0 aromatic carbocycles. The van der Waals surface area contributed by atoms with E-state index in [4.69, 9.17) is 5.73 Å². The minimum atomic E-state index is 0.493. The molecule has 0 spiro atoms. The van der Waals surface area contributed by atoms with E-state index in [9.17, 15) is 0 Å². The second-order valence-electron chi connectivity index (χ2n) is 3.92. The van der Waals surface area contributed by atoms with Crippen molar-refractivity contribution in [1.82, 2.24) is 9.88 Å². The molecule has 1 unspecified atom stereocenters. The smallest absolute Gasteiger partial charge is 0.180 e. The standard InChI is InChI=1S/C10H17N3S/c1-7-9(14-10(11)12-7)8(2)13-5-3-4-6-13/h8H,3-6H2,1-2H3,(H2,11,12). The maximum absolute atomic E-state index is 5.70. The highest BCUT2D eigenvalue weighted by atomic mass is 32.1. The Balaban J connectivity index is 2.17. The van der Waals surface area contributed by atoms with Gasteiger partial charge in [0, 0.05) is 10.9 Å². The number of nitrogen functional groups attached to an aromatic ring is 1. The summed E-state index contributed by atoms with van der Waals surface area (Å²) >= 11 is 1.63. The van der Waals surface area contributed by atoms with Crippen molar-refractivity contribution >= 4 is 16.5 Å². The molecule has 1 aliphatic heterocycles. The minimum absolute atomic E-state index is 0.493. The van der Waals surface area contributed by atoms with Gasteiger partial charge in [-0.3, -0.25) is 4.90 Å². The summed E-state index contributed by atoms with van der Waals surface area (Å²) in [6.45, 7) is 6.75. The molecule has 2 heterocycles. The number of hydrogen-bond acceptors (Lipinski definition) is 4. The van der Waals surface area contributed by atoms with Gasteiger partial charge >= 0.3 is 0 Å². The quantitative estimate of drug-likeness (QED) is 0.815. The number of likely N-dealkylation sites (tertiary alicyclic amines) is 1. The summed E-state index contributed by atoms with van der Waals surface area (Å²) in [4.78, 5) is 8.12. The number of hydrogen-bond donors (Lipinski definition) is 1. The largest absolute Gasteiger partial charge is 0.375 e. The van der Waals surface area contributed by atoms with Crippen LogP contribution in [0.4, 0.5) is 5.13 Å². The Morgan fingerprint density at radius 3 is 2.57 bits per heavy atom. The first-order valence-electron chi connectivity index (χ1n) is 5.15. The van der Waals surface area contributed by atoms with Gasteiger partial charge in [0.15, 0.2) is 5.13 Å². The normalized spacial score (nSPS) is 20.1. The summed E-state index contributed by atoms with van der Waals surface area (Å²) in [6, 6.07) is 0.493. The van der Waals surface area contributed by atoms with Crippen LogP contribution in [0.15, 0.2) is 0 Å². The lowest BCUT2D eigenvalue weighted by Gasteiger charge is -2.22. The average Bonchev–Trinajstić information content (AvgIpc) is 2.73. The molecule has 0 radical (unpaired) electrons. The van der Waals surface area contributed by atoms with Crippen LogP contribution in [0.25, 0.3) is 0 Å². The van der Waals surface area contributed by atoms with Gasteiger partial charge in [-0.25, -0.2) is 4.98 Å². The zero-order valence-electron chi connectivity index (χ0n) is 8.79. The maximum atomic E-state index is 5.70. The molecule has 1 aromatic rings. The number of nitrogens with two attached hydrogens (primary N) is 1. The van der Waals surface area contributed by atoms with Crippen molar-refractivity contribution in [2.24, 2.45) is 0 Å². The van der Waals surface area contributed by atoms with E-state index in [-0.39, 0.29) is 0 Å². The van der Waals surface area contributed by atoms with Crippen molar-refractivity contribution in [2.75, 3.05) is 18.8 Å². The Hall–Kier alpha value is -0.610. The fraction of sp³-hybridized carbons (Fsp3) is 0.700. The van der Waals surface area contributed by atoms with Crippen LogP contribution in [0.5, 0.6) is 0 Å². The first-order valence-corrected chi connectivity index (χ1v) is 5.97. The third-order valence-electron chi connectivity index (χ3n) is 2.92. The molecule has 0 saturated carbocycles. The number of anilines is 1. The predicted molar refractivity (Wildman–Crippen MR) is 60.5 cm³/mol. The third-order valence-corrected chi connectivity index (χ3v) is 4.07. The van der Waals surface area contributed by atoms with E-state index < -0.39 is 0 Å². The highest BCUT2D eigenvalue weighted by Crippen LogP contribution is 2.32. The summed E-state index contributed by atoms with van der Waals surface area (Å²) in [6.07, 6.45) is 2.66. The third kappa shape index (κ3) is 1.77. The molecule has 2 N–H and O–H groups in total. The maximum Gasteiger partial charge on any atom is 0.180 e. The molecule has 1 saturated heterocycles. The molecule has 1 aliphatic rings. The second-order valence-corrected chi connectivity index (χ2v) is 4.98. The van der Waals surface area contributed by atoms with Crippen LogP contribution in [0.1, 0.15) is 36.4 Å². The molecular weight excluding hydrogens is 194 g/mol. The molecule has 0 amide bonds. The number of thiazole rings is 1. The first-order chi connectivity index (χ1) is 6.68. The van der Waals surface area contributed by atoms with E-state index in [0.29, 0.717) is 11.2 Å². The first kappa shape index (κ1) is 9.93. The molecule has 1 atom stereocenters. The van der Waals surface area contributed by atoms with Crippen molar-refractivity contribution < 1.29 is 0 Å². The summed E-state index contributed by atoms with van der Waals surface area (Å²) in [5.74, 6) is 0. The van der Waals surface area contributed by atoms with E-state index in [2.05, 4.69) is 23.7 Å². The van der Waals surface area contributed by atoms with Crippen LogP contribution >= 0.6 is 11.3 Å². The summed E-state index contributed by atoms with van der Waals surface area (Å²) in [7, 11) is 0. The van der Waals surface area contributed by atoms with Gasteiger partial charge in [0.1, 0.15) is 0 Å². The van der Waals surface area contributed by atoms with E-state index in [0.717, 1.165) is 5.69 Å². The van der Waals surface area contributed by atoms with E-state index in [1.165, 1.54) is 30.8 Å². The lowest BCUT2D eigenvalue weighted by molar-refractivity contribution is 0.266. The zero-order valence-corrected chi connectivity index (χ0v) is 9.60. The van der Waals surface area contributed by atoms with Gasteiger partial charge in [-0.15, -0.1) is 11.3 Å². The molecule has 3 nitrogen and oxygen atoms in total. The molecule has 0 aliphatic carbocycles. The van der Waals surface area contributed by atoms with Gasteiger partial charge in [0.2, 0.25) is 0 Å². The van der Waals surface area contributed by atoms with Crippen molar-refractivity contribution in [3.8, 4) is 0 Å².